The first-order valence-corrected chi connectivity index (χ1v) is 11.2. The third-order valence-electron chi connectivity index (χ3n) is 6.75. The zero-order chi connectivity index (χ0) is 20.8. The Morgan fingerprint density at radius 1 is 0.967 bits per heavy atom. The maximum Gasteiger partial charge on any atom is 0.323 e. The molecule has 2 aromatic carbocycles. The first-order valence-electron chi connectivity index (χ1n) is 11.2. The molecule has 0 spiro atoms. The van der Waals surface area contributed by atoms with Crippen molar-refractivity contribution in [3.63, 3.8) is 0 Å². The zero-order valence-corrected chi connectivity index (χ0v) is 17.5. The summed E-state index contributed by atoms with van der Waals surface area (Å²) in [6, 6.07) is 19.8. The third kappa shape index (κ3) is 4.81. The Labute approximate surface area is 179 Å². The van der Waals surface area contributed by atoms with Crippen molar-refractivity contribution in [1.82, 2.24) is 4.90 Å². The number of hydrogen-bond donors (Lipinski definition) is 0. The number of esters is 1. The summed E-state index contributed by atoms with van der Waals surface area (Å²) in [5.74, 6) is 0.227. The summed E-state index contributed by atoms with van der Waals surface area (Å²) in [7, 11) is 0. The molecule has 1 saturated heterocycles. The minimum Gasteiger partial charge on any atom is -0.460 e. The van der Waals surface area contributed by atoms with Crippen LogP contribution in [0.25, 0.3) is 0 Å². The third-order valence-corrected chi connectivity index (χ3v) is 6.75. The van der Waals surface area contributed by atoms with Gasteiger partial charge in [-0.1, -0.05) is 79.9 Å². The summed E-state index contributed by atoms with van der Waals surface area (Å²) >= 11 is 0. The van der Waals surface area contributed by atoms with E-state index >= 15 is 0 Å². The Bertz CT molecular complexity index is 817. The van der Waals surface area contributed by atoms with Crippen LogP contribution < -0.4 is 0 Å². The fourth-order valence-electron chi connectivity index (χ4n) is 5.18. The Balaban J connectivity index is 1.51. The van der Waals surface area contributed by atoms with Crippen LogP contribution in [0.1, 0.15) is 49.1 Å². The molecular formula is C26H31NO3. The molecule has 4 heteroatoms. The van der Waals surface area contributed by atoms with E-state index < -0.39 is 0 Å². The summed E-state index contributed by atoms with van der Waals surface area (Å²) in [6.07, 6.45) is 6.77. The molecule has 1 aliphatic carbocycles. The van der Waals surface area contributed by atoms with E-state index in [1.54, 1.807) is 0 Å². The van der Waals surface area contributed by atoms with Gasteiger partial charge in [-0.3, -0.25) is 9.69 Å². The standard InChI is InChI=1S/C26H31NO3/c28-18-23-16-27(17-24(23)21-12-6-2-7-13-21)25(22-14-8-3-9-15-22)26(29)30-19-20-10-4-1-5-11-20/h1-2,4-7,10-13,18,22-25H,3,8-9,14-17,19H2/t23-,24-,25-/m1/s1. The highest BCUT2D eigenvalue weighted by Gasteiger charge is 2.43. The second-order valence-electron chi connectivity index (χ2n) is 8.71. The zero-order valence-electron chi connectivity index (χ0n) is 17.5. The first-order chi connectivity index (χ1) is 14.8. The summed E-state index contributed by atoms with van der Waals surface area (Å²) in [5.41, 5.74) is 2.18. The van der Waals surface area contributed by atoms with Gasteiger partial charge < -0.3 is 9.53 Å². The van der Waals surface area contributed by atoms with E-state index in [-0.39, 0.29) is 23.8 Å². The molecule has 1 saturated carbocycles. The molecule has 2 fully saturated rings. The average molecular weight is 406 g/mol. The van der Waals surface area contributed by atoms with Gasteiger partial charge >= 0.3 is 5.97 Å². The van der Waals surface area contributed by atoms with E-state index in [2.05, 4.69) is 17.0 Å². The van der Waals surface area contributed by atoms with Gasteiger partial charge in [-0.2, -0.15) is 0 Å². The lowest BCUT2D eigenvalue weighted by Crippen LogP contribution is -2.46. The van der Waals surface area contributed by atoms with Gasteiger partial charge in [-0.15, -0.1) is 0 Å². The molecule has 0 radical (unpaired) electrons. The van der Waals surface area contributed by atoms with E-state index in [0.29, 0.717) is 19.1 Å². The van der Waals surface area contributed by atoms with Crippen molar-refractivity contribution in [2.45, 2.75) is 50.7 Å². The van der Waals surface area contributed by atoms with Crippen LogP contribution in [0.2, 0.25) is 0 Å². The number of aldehydes is 1. The van der Waals surface area contributed by atoms with Gasteiger partial charge in [0.25, 0.3) is 0 Å². The molecule has 3 atom stereocenters. The van der Waals surface area contributed by atoms with Gasteiger partial charge in [0.2, 0.25) is 0 Å². The molecule has 1 heterocycles. The van der Waals surface area contributed by atoms with Crippen molar-refractivity contribution in [2.24, 2.45) is 11.8 Å². The predicted octanol–water partition coefficient (Wildman–Crippen LogP) is 4.59. The van der Waals surface area contributed by atoms with Gasteiger partial charge in [-0.05, 0) is 29.9 Å². The minimum atomic E-state index is -0.259. The quantitative estimate of drug-likeness (QED) is 0.499. The van der Waals surface area contributed by atoms with Crippen molar-refractivity contribution in [2.75, 3.05) is 13.1 Å². The molecule has 0 aromatic heterocycles. The van der Waals surface area contributed by atoms with E-state index in [1.165, 1.54) is 24.8 Å². The molecular weight excluding hydrogens is 374 g/mol. The Morgan fingerprint density at radius 3 is 2.30 bits per heavy atom. The number of benzene rings is 2. The highest BCUT2D eigenvalue weighted by atomic mass is 16.5. The lowest BCUT2D eigenvalue weighted by atomic mass is 9.83. The van der Waals surface area contributed by atoms with Crippen LogP contribution in [-0.2, 0) is 20.9 Å². The topological polar surface area (TPSA) is 46.6 Å². The normalized spacial score (nSPS) is 23.7. The molecule has 1 aliphatic heterocycles. The lowest BCUT2D eigenvalue weighted by Gasteiger charge is -2.35. The second kappa shape index (κ2) is 10.0. The molecule has 4 nitrogen and oxygen atoms in total. The van der Waals surface area contributed by atoms with E-state index in [0.717, 1.165) is 31.2 Å². The molecule has 2 aromatic rings. The Hall–Kier alpha value is -2.46. The number of carbonyl (C=O) groups is 2. The van der Waals surface area contributed by atoms with Crippen molar-refractivity contribution in [1.29, 1.82) is 0 Å². The largest absolute Gasteiger partial charge is 0.460 e. The lowest BCUT2D eigenvalue weighted by molar-refractivity contribution is -0.154. The molecule has 4 rings (SSSR count). The number of likely N-dealkylation sites (tertiary alicyclic amines) is 1. The van der Waals surface area contributed by atoms with E-state index in [9.17, 15) is 9.59 Å². The van der Waals surface area contributed by atoms with Crippen LogP contribution >= 0.6 is 0 Å². The average Bonchev–Trinajstić information content (AvgIpc) is 3.24. The highest BCUT2D eigenvalue weighted by Crippen LogP contribution is 2.37. The monoisotopic (exact) mass is 405 g/mol. The number of ether oxygens (including phenoxy) is 1. The summed E-state index contributed by atoms with van der Waals surface area (Å²) < 4.78 is 5.80. The van der Waals surface area contributed by atoms with Crippen molar-refractivity contribution in [3.8, 4) is 0 Å². The fourth-order valence-corrected chi connectivity index (χ4v) is 5.18. The number of hydrogen-bond acceptors (Lipinski definition) is 4. The molecule has 0 bridgehead atoms. The van der Waals surface area contributed by atoms with Crippen LogP contribution in [0.5, 0.6) is 0 Å². The van der Waals surface area contributed by atoms with Crippen LogP contribution in [0, 0.1) is 11.8 Å². The molecule has 2 aliphatic rings. The summed E-state index contributed by atoms with van der Waals surface area (Å²) in [4.78, 5) is 27.4. The maximum atomic E-state index is 13.3. The van der Waals surface area contributed by atoms with Crippen molar-refractivity contribution < 1.29 is 14.3 Å². The molecule has 30 heavy (non-hydrogen) atoms. The van der Waals surface area contributed by atoms with Gasteiger partial charge in [0.15, 0.2) is 0 Å². The maximum absolute atomic E-state index is 13.3. The Kier molecular flexibility index (Phi) is 6.96. The van der Waals surface area contributed by atoms with Crippen LogP contribution in [0.15, 0.2) is 60.7 Å². The SMILES string of the molecule is O=C[C@H]1CN([C@@H](C(=O)OCc2ccccc2)C2CCCCC2)C[C@@H]1c1ccccc1. The van der Waals surface area contributed by atoms with Gasteiger partial charge in [0, 0.05) is 24.9 Å². The minimum absolute atomic E-state index is 0.0830. The molecule has 0 N–H and O–H groups in total. The number of nitrogens with zero attached hydrogens (tertiary/aromatic N) is 1. The predicted molar refractivity (Wildman–Crippen MR) is 117 cm³/mol. The summed E-state index contributed by atoms with van der Waals surface area (Å²) in [5, 5.41) is 0. The van der Waals surface area contributed by atoms with Gasteiger partial charge in [-0.25, -0.2) is 0 Å². The van der Waals surface area contributed by atoms with Gasteiger partial charge in [0.1, 0.15) is 18.9 Å². The van der Waals surface area contributed by atoms with Crippen LogP contribution in [0.3, 0.4) is 0 Å². The molecule has 158 valence electrons. The highest BCUT2D eigenvalue weighted by molar-refractivity contribution is 5.76. The van der Waals surface area contributed by atoms with Crippen molar-refractivity contribution in [3.05, 3.63) is 71.8 Å². The van der Waals surface area contributed by atoms with Crippen molar-refractivity contribution >= 4 is 12.3 Å². The van der Waals surface area contributed by atoms with Gasteiger partial charge in [0.05, 0.1) is 0 Å². The number of rotatable bonds is 7. The second-order valence-corrected chi connectivity index (χ2v) is 8.71. The van der Waals surface area contributed by atoms with E-state index in [1.807, 2.05) is 48.5 Å². The number of carbonyl (C=O) groups excluding carboxylic acids is 2. The molecule has 0 unspecified atom stereocenters. The smallest absolute Gasteiger partial charge is 0.323 e. The van der Waals surface area contributed by atoms with Crippen LogP contribution in [0.4, 0.5) is 0 Å². The Morgan fingerprint density at radius 2 is 1.63 bits per heavy atom. The fraction of sp³-hybridized carbons (Fsp3) is 0.462. The first kappa shape index (κ1) is 20.8. The van der Waals surface area contributed by atoms with E-state index in [4.69, 9.17) is 4.74 Å². The molecule has 0 amide bonds. The summed E-state index contributed by atoms with van der Waals surface area (Å²) in [6.45, 7) is 1.66. The van der Waals surface area contributed by atoms with Crippen LogP contribution in [-0.4, -0.2) is 36.3 Å².